The largest absolute Gasteiger partial charge is 0.493 e. The number of ether oxygens (including phenoxy) is 5. The summed E-state index contributed by atoms with van der Waals surface area (Å²) in [6.45, 7) is 0. The molecular formula is C21H24N2O7. The van der Waals surface area contributed by atoms with Crippen molar-refractivity contribution in [1.29, 1.82) is 0 Å². The molecule has 9 heteroatoms. The molecule has 2 aromatic rings. The first-order chi connectivity index (χ1) is 14.5. The van der Waals surface area contributed by atoms with Gasteiger partial charge >= 0.3 is 6.09 Å². The Bertz CT molecular complexity index is 949. The predicted octanol–water partition coefficient (Wildman–Crippen LogP) is 3.56. The molecule has 0 spiro atoms. The van der Waals surface area contributed by atoms with Crippen LogP contribution in [-0.2, 0) is 0 Å². The van der Waals surface area contributed by atoms with E-state index in [2.05, 4.69) is 5.10 Å². The molecule has 1 heterocycles. The smallest absolute Gasteiger partial charge is 0.428 e. The van der Waals surface area contributed by atoms with E-state index in [-0.39, 0.29) is 0 Å². The second kappa shape index (κ2) is 8.81. The minimum absolute atomic E-state index is 0.362. The zero-order chi connectivity index (χ0) is 21.8. The van der Waals surface area contributed by atoms with Gasteiger partial charge in [-0.25, -0.2) is 4.79 Å². The first-order valence-electron chi connectivity index (χ1n) is 9.09. The maximum Gasteiger partial charge on any atom is 0.428 e. The first kappa shape index (κ1) is 21.1. The van der Waals surface area contributed by atoms with Crippen LogP contribution in [0.2, 0.25) is 0 Å². The van der Waals surface area contributed by atoms with E-state index < -0.39 is 12.1 Å². The van der Waals surface area contributed by atoms with Crippen LogP contribution >= 0.6 is 0 Å². The summed E-state index contributed by atoms with van der Waals surface area (Å²) in [5.41, 5.74) is 2.03. The molecule has 1 amide bonds. The Labute approximate surface area is 174 Å². The summed E-state index contributed by atoms with van der Waals surface area (Å²) in [7, 11) is 7.63. The van der Waals surface area contributed by atoms with Crippen molar-refractivity contribution in [3.8, 4) is 28.7 Å². The normalized spacial score (nSPS) is 15.4. The van der Waals surface area contributed by atoms with Crippen molar-refractivity contribution in [2.24, 2.45) is 5.10 Å². The highest BCUT2D eigenvalue weighted by molar-refractivity contribution is 6.03. The van der Waals surface area contributed by atoms with E-state index in [0.717, 1.165) is 10.6 Å². The van der Waals surface area contributed by atoms with Crippen molar-refractivity contribution >= 4 is 11.8 Å². The predicted molar refractivity (Wildman–Crippen MR) is 109 cm³/mol. The third-order valence-electron chi connectivity index (χ3n) is 4.89. The lowest BCUT2D eigenvalue weighted by Gasteiger charge is -2.21. The van der Waals surface area contributed by atoms with Crippen molar-refractivity contribution in [3.63, 3.8) is 0 Å². The van der Waals surface area contributed by atoms with E-state index >= 15 is 0 Å². The van der Waals surface area contributed by atoms with E-state index in [1.54, 1.807) is 38.5 Å². The number of hydrogen-bond acceptors (Lipinski definition) is 7. The van der Waals surface area contributed by atoms with Gasteiger partial charge in [-0.2, -0.15) is 10.1 Å². The van der Waals surface area contributed by atoms with E-state index in [9.17, 15) is 9.90 Å². The monoisotopic (exact) mass is 416 g/mol. The maximum atomic E-state index is 11.9. The Balaban J connectivity index is 2.02. The van der Waals surface area contributed by atoms with Crippen LogP contribution < -0.4 is 23.7 Å². The van der Waals surface area contributed by atoms with Crippen LogP contribution in [0.4, 0.5) is 4.79 Å². The molecule has 160 valence electrons. The number of methoxy groups -OCH3 is 5. The van der Waals surface area contributed by atoms with Gasteiger partial charge in [0.2, 0.25) is 5.75 Å². The molecular weight excluding hydrogens is 392 g/mol. The fraction of sp³-hybridized carbons (Fsp3) is 0.333. The van der Waals surface area contributed by atoms with Crippen LogP contribution in [0.3, 0.4) is 0 Å². The molecule has 1 aliphatic rings. The molecule has 0 saturated carbocycles. The molecule has 2 aromatic carbocycles. The van der Waals surface area contributed by atoms with Gasteiger partial charge in [-0.1, -0.05) is 0 Å². The van der Waals surface area contributed by atoms with Crippen LogP contribution in [0, 0.1) is 0 Å². The molecule has 0 bridgehead atoms. The Kier molecular flexibility index (Phi) is 6.20. The highest BCUT2D eigenvalue weighted by Crippen LogP contribution is 2.43. The number of carboxylic acid groups (broad SMARTS) is 1. The summed E-state index contributed by atoms with van der Waals surface area (Å²) in [6, 6.07) is 8.25. The fourth-order valence-corrected chi connectivity index (χ4v) is 3.43. The van der Waals surface area contributed by atoms with Crippen molar-refractivity contribution in [2.75, 3.05) is 35.5 Å². The highest BCUT2D eigenvalue weighted by atomic mass is 16.5. The zero-order valence-electron chi connectivity index (χ0n) is 17.5. The lowest BCUT2D eigenvalue weighted by molar-refractivity contribution is 0.134. The molecule has 0 aliphatic carbocycles. The van der Waals surface area contributed by atoms with E-state index in [1.807, 2.05) is 6.07 Å². The summed E-state index contributed by atoms with van der Waals surface area (Å²) < 4.78 is 26.8. The molecule has 0 radical (unpaired) electrons. The van der Waals surface area contributed by atoms with E-state index in [0.29, 0.717) is 46.4 Å². The summed E-state index contributed by atoms with van der Waals surface area (Å²) in [6.07, 6.45) is -0.801. The van der Waals surface area contributed by atoms with Crippen molar-refractivity contribution < 1.29 is 33.6 Å². The lowest BCUT2D eigenvalue weighted by Crippen LogP contribution is -2.25. The molecule has 30 heavy (non-hydrogen) atoms. The van der Waals surface area contributed by atoms with Gasteiger partial charge in [0.1, 0.15) is 0 Å². The van der Waals surface area contributed by atoms with Gasteiger partial charge in [0, 0.05) is 12.0 Å². The molecule has 1 aliphatic heterocycles. The number of hydrogen-bond donors (Lipinski definition) is 1. The Morgan fingerprint density at radius 2 is 1.50 bits per heavy atom. The van der Waals surface area contributed by atoms with Crippen molar-refractivity contribution in [3.05, 3.63) is 41.5 Å². The van der Waals surface area contributed by atoms with Crippen LogP contribution in [0.15, 0.2) is 35.4 Å². The first-order valence-corrected chi connectivity index (χ1v) is 9.09. The van der Waals surface area contributed by atoms with E-state index in [1.165, 1.54) is 21.3 Å². The topological polar surface area (TPSA) is 99.1 Å². The number of carbonyl (C=O) groups is 1. The van der Waals surface area contributed by atoms with Gasteiger partial charge in [0.15, 0.2) is 23.0 Å². The van der Waals surface area contributed by atoms with Crippen LogP contribution in [-0.4, -0.2) is 57.5 Å². The summed E-state index contributed by atoms with van der Waals surface area (Å²) >= 11 is 0. The molecule has 1 N–H and O–H groups in total. The third-order valence-corrected chi connectivity index (χ3v) is 4.89. The summed E-state index contributed by atoms with van der Waals surface area (Å²) in [5, 5.41) is 15.1. The Morgan fingerprint density at radius 1 is 0.900 bits per heavy atom. The van der Waals surface area contributed by atoms with Gasteiger partial charge in [0.05, 0.1) is 47.3 Å². The number of rotatable bonds is 7. The average Bonchev–Trinajstić information content (AvgIpc) is 3.23. The quantitative estimate of drug-likeness (QED) is 0.737. The second-order valence-electron chi connectivity index (χ2n) is 6.42. The zero-order valence-corrected chi connectivity index (χ0v) is 17.5. The van der Waals surface area contributed by atoms with Gasteiger partial charge in [-0.3, -0.25) is 0 Å². The van der Waals surface area contributed by atoms with Gasteiger partial charge in [0.25, 0.3) is 0 Å². The van der Waals surface area contributed by atoms with Crippen LogP contribution in [0.1, 0.15) is 23.6 Å². The van der Waals surface area contributed by atoms with Gasteiger partial charge in [-0.15, -0.1) is 0 Å². The number of hydrazone groups is 1. The SMILES string of the molecule is COc1ccc(C2=NN(C(=O)O)C(c3cc(OC)c(OC)c(OC)c3)C2)cc1OC. The van der Waals surface area contributed by atoms with Crippen molar-refractivity contribution in [2.45, 2.75) is 12.5 Å². The Morgan fingerprint density at radius 3 is 2.00 bits per heavy atom. The number of nitrogens with zero attached hydrogens (tertiary/aromatic N) is 2. The van der Waals surface area contributed by atoms with Crippen LogP contribution in [0.25, 0.3) is 0 Å². The van der Waals surface area contributed by atoms with Gasteiger partial charge in [-0.05, 0) is 35.9 Å². The molecule has 1 atom stereocenters. The van der Waals surface area contributed by atoms with E-state index in [4.69, 9.17) is 23.7 Å². The molecule has 3 rings (SSSR count). The molecule has 0 fully saturated rings. The minimum Gasteiger partial charge on any atom is -0.493 e. The van der Waals surface area contributed by atoms with Crippen molar-refractivity contribution in [1.82, 2.24) is 5.01 Å². The second-order valence-corrected chi connectivity index (χ2v) is 6.42. The highest BCUT2D eigenvalue weighted by Gasteiger charge is 2.34. The molecule has 1 unspecified atom stereocenters. The third kappa shape index (κ3) is 3.78. The average molecular weight is 416 g/mol. The lowest BCUT2D eigenvalue weighted by atomic mass is 9.97. The number of benzene rings is 2. The van der Waals surface area contributed by atoms with Crippen LogP contribution in [0.5, 0.6) is 28.7 Å². The summed E-state index contributed by atoms with van der Waals surface area (Å²) in [4.78, 5) is 11.9. The molecule has 9 nitrogen and oxygen atoms in total. The molecule has 0 saturated heterocycles. The molecule has 0 aromatic heterocycles. The summed E-state index contributed by atoms with van der Waals surface area (Å²) in [5.74, 6) is 2.44. The van der Waals surface area contributed by atoms with Gasteiger partial charge < -0.3 is 28.8 Å². The Hall–Kier alpha value is -3.62. The minimum atomic E-state index is -1.16. The maximum absolute atomic E-state index is 11.9. The fourth-order valence-electron chi connectivity index (χ4n) is 3.43. The number of amides is 1. The standard InChI is InChI=1S/C21H24N2O7/c1-26-16-7-6-12(8-17(16)27-2)14-11-15(23(22-14)21(24)25)13-9-18(28-3)20(30-5)19(10-13)29-4/h6-10,15H,11H2,1-5H3,(H,24,25).